The molecule has 0 unspecified atom stereocenters. The van der Waals surface area contributed by atoms with Gasteiger partial charge in [-0.05, 0) is 6.92 Å². The molecule has 0 aliphatic heterocycles. The van der Waals surface area contributed by atoms with Gasteiger partial charge in [0.2, 0.25) is 0 Å². The van der Waals surface area contributed by atoms with Crippen molar-refractivity contribution in [2.45, 2.75) is 13.1 Å². The van der Waals surface area contributed by atoms with Gasteiger partial charge in [-0.2, -0.15) is 18.4 Å². The van der Waals surface area contributed by atoms with Gasteiger partial charge in [-0.25, -0.2) is 0 Å². The molecule has 0 saturated carbocycles. The summed E-state index contributed by atoms with van der Waals surface area (Å²) in [6, 6.07) is 2.50. The van der Waals surface area contributed by atoms with Gasteiger partial charge in [-0.3, -0.25) is 10.1 Å². The van der Waals surface area contributed by atoms with Crippen LogP contribution in [0.1, 0.15) is 18.1 Å². The minimum atomic E-state index is -4.79. The Morgan fingerprint density at radius 3 is 2.50 bits per heavy atom. The van der Waals surface area contributed by atoms with E-state index in [-0.39, 0.29) is 6.61 Å². The lowest BCUT2D eigenvalue weighted by molar-refractivity contribution is -0.385. The van der Waals surface area contributed by atoms with Crippen molar-refractivity contribution in [3.8, 4) is 11.8 Å². The lowest BCUT2D eigenvalue weighted by Crippen LogP contribution is -2.10. The lowest BCUT2D eigenvalue weighted by atomic mass is 10.1. The van der Waals surface area contributed by atoms with Gasteiger partial charge in [0.05, 0.1) is 11.5 Å². The van der Waals surface area contributed by atoms with E-state index < -0.39 is 33.7 Å². The maximum atomic E-state index is 12.7. The topological polar surface area (TPSA) is 76.2 Å². The molecule has 0 amide bonds. The van der Waals surface area contributed by atoms with Gasteiger partial charge in [-0.1, -0.05) is 0 Å². The summed E-state index contributed by atoms with van der Waals surface area (Å²) in [5, 5.41) is 19.2. The number of nitriles is 1. The second kappa shape index (κ2) is 4.91. The average molecular weight is 260 g/mol. The van der Waals surface area contributed by atoms with Crippen molar-refractivity contribution in [3.63, 3.8) is 0 Å². The van der Waals surface area contributed by atoms with E-state index in [1.807, 2.05) is 0 Å². The zero-order valence-electron chi connectivity index (χ0n) is 9.11. The third-order valence-corrected chi connectivity index (χ3v) is 2.02. The molecule has 1 rings (SSSR count). The number of halogens is 3. The molecule has 0 saturated heterocycles. The molecular formula is C10H7F3N2O3. The first kappa shape index (κ1) is 13.8. The standard InChI is InChI=1S/C10H7F3N2O3/c1-2-18-9-3-6(5-14)8(15(16)17)4-7(9)10(11,12)13/h3-4H,2H2,1H3. The Morgan fingerprint density at radius 1 is 1.50 bits per heavy atom. The first-order valence-corrected chi connectivity index (χ1v) is 4.73. The zero-order valence-corrected chi connectivity index (χ0v) is 9.11. The first-order chi connectivity index (χ1) is 8.31. The van der Waals surface area contributed by atoms with Gasteiger partial charge in [0.15, 0.2) is 0 Å². The van der Waals surface area contributed by atoms with Gasteiger partial charge in [0, 0.05) is 12.1 Å². The largest absolute Gasteiger partial charge is 0.493 e. The molecular weight excluding hydrogens is 253 g/mol. The van der Waals surface area contributed by atoms with E-state index in [1.165, 1.54) is 13.0 Å². The van der Waals surface area contributed by atoms with Crippen LogP contribution in [0, 0.1) is 21.4 Å². The Labute approximate surface area is 99.5 Å². The quantitative estimate of drug-likeness (QED) is 0.618. The normalized spacial score (nSPS) is 10.8. The van der Waals surface area contributed by atoms with Crippen LogP contribution in [-0.2, 0) is 6.18 Å². The van der Waals surface area contributed by atoms with Gasteiger partial charge in [0.25, 0.3) is 5.69 Å². The van der Waals surface area contributed by atoms with Crippen molar-refractivity contribution >= 4 is 5.69 Å². The molecule has 0 fully saturated rings. The Bertz CT molecular complexity index is 520. The molecule has 0 N–H and O–H groups in total. The average Bonchev–Trinajstić information content (AvgIpc) is 2.26. The lowest BCUT2D eigenvalue weighted by Gasteiger charge is -2.13. The molecule has 0 aliphatic rings. The Morgan fingerprint density at radius 2 is 2.11 bits per heavy atom. The van der Waals surface area contributed by atoms with Crippen molar-refractivity contribution in [3.05, 3.63) is 33.4 Å². The SMILES string of the molecule is CCOc1cc(C#N)c([N+](=O)[O-])cc1C(F)(F)F. The smallest absolute Gasteiger partial charge is 0.420 e. The number of nitrogens with zero attached hydrogens (tertiary/aromatic N) is 2. The Balaban J connectivity index is 3.54. The molecule has 18 heavy (non-hydrogen) atoms. The van der Waals surface area contributed by atoms with E-state index in [1.54, 1.807) is 0 Å². The molecule has 0 heterocycles. The summed E-state index contributed by atoms with van der Waals surface area (Å²) < 4.78 is 42.7. The molecule has 1 aromatic carbocycles. The van der Waals surface area contributed by atoms with Gasteiger partial charge in [0.1, 0.15) is 22.9 Å². The van der Waals surface area contributed by atoms with Crippen LogP contribution in [-0.4, -0.2) is 11.5 Å². The third kappa shape index (κ3) is 2.68. The summed E-state index contributed by atoms with van der Waals surface area (Å²) in [6.07, 6.45) is -4.79. The van der Waals surface area contributed by atoms with Crippen LogP contribution in [0.4, 0.5) is 18.9 Å². The first-order valence-electron chi connectivity index (χ1n) is 4.73. The summed E-state index contributed by atoms with van der Waals surface area (Å²) in [5.41, 5.74) is -2.64. The maximum absolute atomic E-state index is 12.7. The number of hydrogen-bond donors (Lipinski definition) is 0. The molecule has 96 valence electrons. The van der Waals surface area contributed by atoms with Crippen LogP contribution >= 0.6 is 0 Å². The van der Waals surface area contributed by atoms with Crippen molar-refractivity contribution in [2.75, 3.05) is 6.61 Å². The molecule has 0 radical (unpaired) electrons. The van der Waals surface area contributed by atoms with Crippen molar-refractivity contribution < 1.29 is 22.8 Å². The summed E-state index contributed by atoms with van der Waals surface area (Å²) >= 11 is 0. The minimum absolute atomic E-state index is 0.0498. The molecule has 0 aromatic heterocycles. The number of benzene rings is 1. The zero-order chi connectivity index (χ0) is 13.9. The highest BCUT2D eigenvalue weighted by Crippen LogP contribution is 2.39. The predicted octanol–water partition coefficient (Wildman–Crippen LogP) is 2.88. The van der Waals surface area contributed by atoms with Crippen LogP contribution in [0.5, 0.6) is 5.75 Å². The van der Waals surface area contributed by atoms with E-state index in [4.69, 9.17) is 10.00 Å². The molecule has 0 aliphatic carbocycles. The van der Waals surface area contributed by atoms with Crippen LogP contribution in [0.25, 0.3) is 0 Å². The summed E-state index contributed by atoms with van der Waals surface area (Å²) in [5.74, 6) is -0.591. The molecule has 5 nitrogen and oxygen atoms in total. The minimum Gasteiger partial charge on any atom is -0.493 e. The van der Waals surface area contributed by atoms with Crippen LogP contribution in [0.3, 0.4) is 0 Å². The van der Waals surface area contributed by atoms with Crippen LogP contribution in [0.15, 0.2) is 12.1 Å². The number of ether oxygens (including phenoxy) is 1. The predicted molar refractivity (Wildman–Crippen MR) is 54.0 cm³/mol. The fraction of sp³-hybridized carbons (Fsp3) is 0.300. The number of nitro benzene ring substituents is 1. The fourth-order valence-electron chi connectivity index (χ4n) is 1.31. The number of nitro groups is 1. The summed E-state index contributed by atoms with van der Waals surface area (Å²) in [4.78, 5) is 9.54. The van der Waals surface area contributed by atoms with Crippen LogP contribution in [0.2, 0.25) is 0 Å². The molecule has 0 spiro atoms. The summed E-state index contributed by atoms with van der Waals surface area (Å²) in [7, 11) is 0. The van der Waals surface area contributed by atoms with E-state index in [2.05, 4.69) is 0 Å². The number of alkyl halides is 3. The highest BCUT2D eigenvalue weighted by atomic mass is 19.4. The van der Waals surface area contributed by atoms with Gasteiger partial charge < -0.3 is 4.74 Å². The molecule has 0 atom stereocenters. The second-order valence-electron chi connectivity index (χ2n) is 3.17. The molecule has 8 heteroatoms. The third-order valence-electron chi connectivity index (χ3n) is 2.02. The van der Waals surface area contributed by atoms with Crippen molar-refractivity contribution in [1.29, 1.82) is 5.26 Å². The van der Waals surface area contributed by atoms with E-state index in [0.717, 1.165) is 6.07 Å². The molecule has 1 aromatic rings. The van der Waals surface area contributed by atoms with Gasteiger partial charge >= 0.3 is 6.18 Å². The Kier molecular flexibility index (Phi) is 3.76. The van der Waals surface area contributed by atoms with E-state index >= 15 is 0 Å². The Hall–Kier alpha value is -2.30. The van der Waals surface area contributed by atoms with Crippen molar-refractivity contribution in [2.24, 2.45) is 0 Å². The summed E-state index contributed by atoms with van der Waals surface area (Å²) in [6.45, 7) is 1.42. The van der Waals surface area contributed by atoms with E-state index in [0.29, 0.717) is 6.07 Å². The maximum Gasteiger partial charge on any atom is 0.420 e. The van der Waals surface area contributed by atoms with Gasteiger partial charge in [-0.15, -0.1) is 0 Å². The molecule has 0 bridgehead atoms. The monoisotopic (exact) mass is 260 g/mol. The number of hydrogen-bond acceptors (Lipinski definition) is 4. The van der Waals surface area contributed by atoms with Crippen LogP contribution < -0.4 is 4.74 Å². The number of rotatable bonds is 3. The fourth-order valence-corrected chi connectivity index (χ4v) is 1.31. The van der Waals surface area contributed by atoms with Crippen molar-refractivity contribution in [1.82, 2.24) is 0 Å². The highest BCUT2D eigenvalue weighted by molar-refractivity contribution is 5.56. The highest BCUT2D eigenvalue weighted by Gasteiger charge is 2.37. The van der Waals surface area contributed by atoms with E-state index in [9.17, 15) is 23.3 Å². The second-order valence-corrected chi connectivity index (χ2v) is 3.17.